The molecule has 0 aliphatic carbocycles. The van der Waals surface area contributed by atoms with Crippen molar-refractivity contribution in [2.75, 3.05) is 0 Å². The maximum absolute atomic E-state index is 5.99. The molecule has 4 aromatic rings. The standard InChI is InChI=1S/C25H25N3O/c1-17-12-14-21(15-13-17)23(20-9-5-4-6-10-20)26-19(3)24-27-28-25(29-24)22-11-7-8-18(2)16-22/h4-16,19,23,26H,1-3H3/t19-,23+/m1/s1. The minimum Gasteiger partial charge on any atom is -0.419 e. The monoisotopic (exact) mass is 383 g/mol. The fourth-order valence-corrected chi connectivity index (χ4v) is 3.41. The van der Waals surface area contributed by atoms with Crippen molar-refractivity contribution in [1.82, 2.24) is 15.5 Å². The molecule has 1 heterocycles. The summed E-state index contributed by atoms with van der Waals surface area (Å²) in [5.74, 6) is 1.12. The molecule has 0 radical (unpaired) electrons. The van der Waals surface area contributed by atoms with Gasteiger partial charge in [-0.2, -0.15) is 0 Å². The second kappa shape index (κ2) is 8.41. The van der Waals surface area contributed by atoms with Crippen LogP contribution in [0.25, 0.3) is 11.5 Å². The molecule has 0 fully saturated rings. The molecule has 0 aliphatic heterocycles. The van der Waals surface area contributed by atoms with Crippen molar-refractivity contribution < 1.29 is 4.42 Å². The van der Waals surface area contributed by atoms with Crippen LogP contribution in [0.15, 0.2) is 83.3 Å². The average Bonchev–Trinajstić information content (AvgIpc) is 3.24. The lowest BCUT2D eigenvalue weighted by Gasteiger charge is -2.23. The van der Waals surface area contributed by atoms with Crippen molar-refractivity contribution in [2.24, 2.45) is 0 Å². The van der Waals surface area contributed by atoms with Gasteiger partial charge in [-0.15, -0.1) is 10.2 Å². The quantitative estimate of drug-likeness (QED) is 0.458. The number of nitrogens with one attached hydrogen (secondary N) is 1. The van der Waals surface area contributed by atoms with Crippen molar-refractivity contribution >= 4 is 0 Å². The smallest absolute Gasteiger partial charge is 0.247 e. The zero-order chi connectivity index (χ0) is 20.2. The van der Waals surface area contributed by atoms with Crippen LogP contribution in [0.5, 0.6) is 0 Å². The Bertz CT molecular complexity index is 1070. The third-order valence-corrected chi connectivity index (χ3v) is 5.04. The fraction of sp³-hybridized carbons (Fsp3) is 0.200. The molecule has 0 saturated carbocycles. The van der Waals surface area contributed by atoms with E-state index in [9.17, 15) is 0 Å². The molecule has 0 unspecified atom stereocenters. The Labute approximate surface area is 171 Å². The van der Waals surface area contributed by atoms with Gasteiger partial charge in [-0.3, -0.25) is 5.32 Å². The van der Waals surface area contributed by atoms with Gasteiger partial charge in [-0.05, 0) is 44.0 Å². The van der Waals surface area contributed by atoms with Crippen molar-refractivity contribution in [3.8, 4) is 11.5 Å². The SMILES string of the molecule is Cc1ccc([C@@H](N[C@H](C)c2nnc(-c3cccc(C)c3)o2)c2ccccc2)cc1. The number of nitrogens with zero attached hydrogens (tertiary/aromatic N) is 2. The van der Waals surface area contributed by atoms with Gasteiger partial charge in [0.15, 0.2) is 0 Å². The molecular formula is C25H25N3O. The Morgan fingerprint density at radius 3 is 2.21 bits per heavy atom. The van der Waals surface area contributed by atoms with Crippen LogP contribution in [-0.2, 0) is 0 Å². The molecule has 0 bridgehead atoms. The normalized spacial score (nSPS) is 13.2. The van der Waals surface area contributed by atoms with Crippen LogP contribution in [0.2, 0.25) is 0 Å². The summed E-state index contributed by atoms with van der Waals surface area (Å²) in [6.07, 6.45) is 0. The fourth-order valence-electron chi connectivity index (χ4n) is 3.41. The number of benzene rings is 3. The summed E-state index contributed by atoms with van der Waals surface area (Å²) in [7, 11) is 0. The highest BCUT2D eigenvalue weighted by molar-refractivity contribution is 5.53. The molecule has 0 amide bonds. The number of rotatable bonds is 6. The summed E-state index contributed by atoms with van der Waals surface area (Å²) in [4.78, 5) is 0. The van der Waals surface area contributed by atoms with Gasteiger partial charge in [0, 0.05) is 5.56 Å². The zero-order valence-electron chi connectivity index (χ0n) is 17.0. The van der Waals surface area contributed by atoms with Crippen molar-refractivity contribution in [3.63, 3.8) is 0 Å². The highest BCUT2D eigenvalue weighted by Crippen LogP contribution is 2.27. The molecule has 0 saturated heterocycles. The first-order chi connectivity index (χ1) is 14.1. The van der Waals surface area contributed by atoms with Gasteiger partial charge in [0.05, 0.1) is 12.1 Å². The maximum Gasteiger partial charge on any atom is 0.247 e. The van der Waals surface area contributed by atoms with E-state index in [1.807, 2.05) is 18.2 Å². The van der Waals surface area contributed by atoms with Gasteiger partial charge in [-0.1, -0.05) is 77.9 Å². The van der Waals surface area contributed by atoms with Crippen LogP contribution >= 0.6 is 0 Å². The predicted octanol–water partition coefficient (Wildman–Crippen LogP) is 5.79. The topological polar surface area (TPSA) is 51.0 Å². The van der Waals surface area contributed by atoms with E-state index in [0.717, 1.165) is 11.1 Å². The Morgan fingerprint density at radius 2 is 1.48 bits per heavy atom. The summed E-state index contributed by atoms with van der Waals surface area (Å²) in [5.41, 5.74) is 5.74. The van der Waals surface area contributed by atoms with Crippen LogP contribution in [0, 0.1) is 13.8 Å². The summed E-state index contributed by atoms with van der Waals surface area (Å²) >= 11 is 0. The Morgan fingerprint density at radius 1 is 0.759 bits per heavy atom. The third kappa shape index (κ3) is 4.44. The first-order valence-corrected chi connectivity index (χ1v) is 9.88. The third-order valence-electron chi connectivity index (χ3n) is 5.04. The number of aromatic nitrogens is 2. The molecule has 4 rings (SSSR count). The molecule has 3 aromatic carbocycles. The molecule has 1 N–H and O–H groups in total. The first kappa shape index (κ1) is 19.1. The summed E-state index contributed by atoms with van der Waals surface area (Å²) in [5, 5.41) is 12.2. The van der Waals surface area contributed by atoms with Gasteiger partial charge in [-0.25, -0.2) is 0 Å². The van der Waals surface area contributed by atoms with Crippen LogP contribution in [0.3, 0.4) is 0 Å². The van der Waals surface area contributed by atoms with Crippen LogP contribution in [0.4, 0.5) is 0 Å². The van der Waals surface area contributed by atoms with Crippen LogP contribution < -0.4 is 5.32 Å². The van der Waals surface area contributed by atoms with E-state index in [0.29, 0.717) is 11.8 Å². The lowest BCUT2D eigenvalue weighted by atomic mass is 9.97. The number of hydrogen-bond donors (Lipinski definition) is 1. The Kier molecular flexibility index (Phi) is 5.54. The second-order valence-electron chi connectivity index (χ2n) is 7.46. The minimum atomic E-state index is -0.104. The maximum atomic E-state index is 5.99. The van der Waals surface area contributed by atoms with Gasteiger partial charge in [0.2, 0.25) is 11.8 Å². The van der Waals surface area contributed by atoms with E-state index < -0.39 is 0 Å². The van der Waals surface area contributed by atoms with Crippen LogP contribution in [-0.4, -0.2) is 10.2 Å². The van der Waals surface area contributed by atoms with E-state index in [2.05, 4.69) is 96.9 Å². The molecule has 0 spiro atoms. The van der Waals surface area contributed by atoms with E-state index in [1.54, 1.807) is 0 Å². The van der Waals surface area contributed by atoms with E-state index in [-0.39, 0.29) is 12.1 Å². The largest absolute Gasteiger partial charge is 0.419 e. The Balaban J connectivity index is 1.60. The molecule has 1 aromatic heterocycles. The molecule has 4 nitrogen and oxygen atoms in total. The molecule has 4 heteroatoms. The molecule has 146 valence electrons. The van der Waals surface area contributed by atoms with Crippen LogP contribution in [0.1, 0.15) is 47.2 Å². The van der Waals surface area contributed by atoms with Gasteiger partial charge in [0.25, 0.3) is 0 Å². The number of hydrogen-bond acceptors (Lipinski definition) is 4. The van der Waals surface area contributed by atoms with E-state index in [4.69, 9.17) is 4.42 Å². The lowest BCUT2D eigenvalue weighted by molar-refractivity contribution is 0.403. The average molecular weight is 383 g/mol. The number of aryl methyl sites for hydroxylation is 2. The highest BCUT2D eigenvalue weighted by atomic mass is 16.4. The second-order valence-corrected chi connectivity index (χ2v) is 7.46. The van der Waals surface area contributed by atoms with Crippen molar-refractivity contribution in [3.05, 3.63) is 107 Å². The molecule has 2 atom stereocenters. The van der Waals surface area contributed by atoms with E-state index in [1.165, 1.54) is 16.7 Å². The van der Waals surface area contributed by atoms with Crippen molar-refractivity contribution in [2.45, 2.75) is 32.9 Å². The first-order valence-electron chi connectivity index (χ1n) is 9.88. The van der Waals surface area contributed by atoms with Gasteiger partial charge in [0.1, 0.15) is 0 Å². The molecule has 0 aliphatic rings. The predicted molar refractivity (Wildman–Crippen MR) is 115 cm³/mol. The Hall–Kier alpha value is -3.24. The highest BCUT2D eigenvalue weighted by Gasteiger charge is 2.21. The molecule has 29 heavy (non-hydrogen) atoms. The lowest BCUT2D eigenvalue weighted by Crippen LogP contribution is -2.26. The summed E-state index contributed by atoms with van der Waals surface area (Å²) in [6.45, 7) is 6.21. The summed E-state index contributed by atoms with van der Waals surface area (Å²) < 4.78 is 5.99. The summed E-state index contributed by atoms with van der Waals surface area (Å²) in [6, 6.07) is 27.0. The van der Waals surface area contributed by atoms with Crippen molar-refractivity contribution in [1.29, 1.82) is 0 Å². The zero-order valence-corrected chi connectivity index (χ0v) is 17.0. The van der Waals surface area contributed by atoms with Gasteiger partial charge < -0.3 is 4.42 Å². The molecular weight excluding hydrogens is 358 g/mol. The van der Waals surface area contributed by atoms with E-state index >= 15 is 0 Å². The van der Waals surface area contributed by atoms with Gasteiger partial charge >= 0.3 is 0 Å². The minimum absolute atomic E-state index is 0.0288.